The first-order chi connectivity index (χ1) is 7.09. The second-order valence-electron chi connectivity index (χ2n) is 3.80. The fraction of sp³-hybridized carbons (Fsp3) is 0.800. The summed E-state index contributed by atoms with van der Waals surface area (Å²) in [5.74, 6) is -0.365. The highest BCUT2D eigenvalue weighted by Crippen LogP contribution is 2.10. The molecule has 5 heteroatoms. The van der Waals surface area contributed by atoms with Gasteiger partial charge in [0.15, 0.2) is 0 Å². The lowest BCUT2D eigenvalue weighted by atomic mass is 10.2. The Balaban J connectivity index is 2.19. The van der Waals surface area contributed by atoms with Crippen molar-refractivity contribution in [3.8, 4) is 0 Å². The van der Waals surface area contributed by atoms with Crippen LogP contribution in [-0.4, -0.2) is 37.1 Å². The molecule has 1 rings (SSSR count). The zero-order valence-electron chi connectivity index (χ0n) is 9.21. The third kappa shape index (κ3) is 4.29. The van der Waals surface area contributed by atoms with Crippen molar-refractivity contribution >= 4 is 11.8 Å². The van der Waals surface area contributed by atoms with E-state index in [1.165, 1.54) is 6.92 Å². The van der Waals surface area contributed by atoms with Crippen molar-refractivity contribution in [2.75, 3.05) is 13.2 Å². The summed E-state index contributed by atoms with van der Waals surface area (Å²) in [6, 6.07) is -0.482. The summed E-state index contributed by atoms with van der Waals surface area (Å²) in [7, 11) is 0. The van der Waals surface area contributed by atoms with Crippen molar-refractivity contribution in [2.45, 2.75) is 38.8 Å². The second-order valence-corrected chi connectivity index (χ2v) is 3.80. The molecule has 1 fully saturated rings. The van der Waals surface area contributed by atoms with Gasteiger partial charge < -0.3 is 15.4 Å². The van der Waals surface area contributed by atoms with Crippen LogP contribution in [0.3, 0.4) is 0 Å². The average Bonchev–Trinajstić information content (AvgIpc) is 2.65. The Labute approximate surface area is 89.6 Å². The van der Waals surface area contributed by atoms with Crippen molar-refractivity contribution in [3.05, 3.63) is 0 Å². The van der Waals surface area contributed by atoms with Crippen LogP contribution in [0, 0.1) is 0 Å². The van der Waals surface area contributed by atoms with Gasteiger partial charge >= 0.3 is 0 Å². The zero-order chi connectivity index (χ0) is 11.3. The molecular weight excluding hydrogens is 196 g/mol. The highest BCUT2D eigenvalue weighted by atomic mass is 16.5. The van der Waals surface area contributed by atoms with Crippen molar-refractivity contribution < 1.29 is 14.3 Å². The Kier molecular flexibility index (Phi) is 4.55. The van der Waals surface area contributed by atoms with E-state index in [4.69, 9.17) is 4.74 Å². The molecule has 1 heterocycles. The zero-order valence-corrected chi connectivity index (χ0v) is 9.21. The quantitative estimate of drug-likeness (QED) is 0.681. The molecule has 2 atom stereocenters. The van der Waals surface area contributed by atoms with Crippen LogP contribution in [0.2, 0.25) is 0 Å². The number of rotatable bonds is 4. The third-order valence-electron chi connectivity index (χ3n) is 2.34. The molecule has 0 aromatic heterocycles. The lowest BCUT2D eigenvalue weighted by molar-refractivity contribution is -0.127. The van der Waals surface area contributed by atoms with Gasteiger partial charge in [-0.15, -0.1) is 0 Å². The summed E-state index contributed by atoms with van der Waals surface area (Å²) in [6.45, 7) is 4.36. The normalized spacial score (nSPS) is 22.1. The maximum Gasteiger partial charge on any atom is 0.242 e. The van der Waals surface area contributed by atoms with Crippen LogP contribution in [-0.2, 0) is 14.3 Å². The molecule has 0 aliphatic carbocycles. The largest absolute Gasteiger partial charge is 0.376 e. The van der Waals surface area contributed by atoms with Crippen LogP contribution in [0.15, 0.2) is 0 Å². The van der Waals surface area contributed by atoms with Crippen LogP contribution >= 0.6 is 0 Å². The SMILES string of the molecule is CC(=O)NC(C)C(=O)NCC1CCCO1. The molecule has 2 N–H and O–H groups in total. The topological polar surface area (TPSA) is 67.4 Å². The molecule has 0 aromatic rings. The lowest BCUT2D eigenvalue weighted by Gasteiger charge is -2.15. The smallest absolute Gasteiger partial charge is 0.242 e. The summed E-state index contributed by atoms with van der Waals surface area (Å²) in [4.78, 5) is 22.2. The first-order valence-corrected chi connectivity index (χ1v) is 5.26. The van der Waals surface area contributed by atoms with E-state index >= 15 is 0 Å². The molecule has 1 aliphatic heterocycles. The Hall–Kier alpha value is -1.10. The molecule has 15 heavy (non-hydrogen) atoms. The van der Waals surface area contributed by atoms with Gasteiger partial charge in [0.05, 0.1) is 6.10 Å². The summed E-state index contributed by atoms with van der Waals surface area (Å²) >= 11 is 0. The summed E-state index contributed by atoms with van der Waals surface area (Å²) < 4.78 is 5.36. The van der Waals surface area contributed by atoms with E-state index in [0.717, 1.165) is 19.4 Å². The Bertz CT molecular complexity index is 237. The Morgan fingerprint density at radius 1 is 1.53 bits per heavy atom. The van der Waals surface area contributed by atoms with Gasteiger partial charge in [0.2, 0.25) is 11.8 Å². The summed E-state index contributed by atoms with van der Waals surface area (Å²) in [5, 5.41) is 5.28. The van der Waals surface area contributed by atoms with E-state index in [9.17, 15) is 9.59 Å². The molecular formula is C10H18N2O3. The maximum absolute atomic E-state index is 11.5. The molecule has 86 valence electrons. The molecule has 0 bridgehead atoms. The number of carbonyl (C=O) groups excluding carboxylic acids is 2. The number of carbonyl (C=O) groups is 2. The Morgan fingerprint density at radius 3 is 2.80 bits per heavy atom. The minimum Gasteiger partial charge on any atom is -0.376 e. The summed E-state index contributed by atoms with van der Waals surface area (Å²) in [6.07, 6.45) is 2.19. The van der Waals surface area contributed by atoms with E-state index < -0.39 is 6.04 Å². The molecule has 0 saturated carbocycles. The van der Waals surface area contributed by atoms with Crippen LogP contribution < -0.4 is 10.6 Å². The number of hydrogen-bond donors (Lipinski definition) is 2. The molecule has 0 spiro atoms. The highest BCUT2D eigenvalue weighted by Gasteiger charge is 2.18. The Morgan fingerprint density at radius 2 is 2.27 bits per heavy atom. The molecule has 0 aromatic carbocycles. The molecule has 2 amide bonds. The van der Waals surface area contributed by atoms with Gasteiger partial charge in [-0.2, -0.15) is 0 Å². The fourth-order valence-corrected chi connectivity index (χ4v) is 1.54. The van der Waals surface area contributed by atoms with Crippen LogP contribution in [0.1, 0.15) is 26.7 Å². The van der Waals surface area contributed by atoms with E-state index in [2.05, 4.69) is 10.6 Å². The summed E-state index contributed by atoms with van der Waals surface area (Å²) in [5.41, 5.74) is 0. The molecule has 2 unspecified atom stereocenters. The van der Waals surface area contributed by atoms with E-state index in [1.807, 2.05) is 0 Å². The number of amides is 2. The minimum atomic E-state index is -0.482. The first-order valence-electron chi connectivity index (χ1n) is 5.26. The maximum atomic E-state index is 11.5. The van der Waals surface area contributed by atoms with Crippen LogP contribution in [0.4, 0.5) is 0 Å². The molecule has 5 nitrogen and oxygen atoms in total. The molecule has 1 saturated heterocycles. The van der Waals surface area contributed by atoms with Gasteiger partial charge in [0.25, 0.3) is 0 Å². The van der Waals surface area contributed by atoms with Crippen molar-refractivity contribution in [1.29, 1.82) is 0 Å². The standard InChI is InChI=1S/C10H18N2O3/c1-7(12-8(2)13)10(14)11-6-9-4-3-5-15-9/h7,9H,3-6H2,1-2H3,(H,11,14)(H,12,13). The van der Waals surface area contributed by atoms with E-state index in [-0.39, 0.29) is 17.9 Å². The predicted octanol–water partition coefficient (Wildman–Crippen LogP) is -0.194. The molecule has 1 aliphatic rings. The van der Waals surface area contributed by atoms with Gasteiger partial charge in [-0.05, 0) is 19.8 Å². The fourth-order valence-electron chi connectivity index (χ4n) is 1.54. The van der Waals surface area contributed by atoms with Crippen molar-refractivity contribution in [3.63, 3.8) is 0 Å². The highest BCUT2D eigenvalue weighted by molar-refractivity contribution is 5.86. The van der Waals surface area contributed by atoms with E-state index in [1.54, 1.807) is 6.92 Å². The number of nitrogens with one attached hydrogen (secondary N) is 2. The average molecular weight is 214 g/mol. The van der Waals surface area contributed by atoms with Crippen molar-refractivity contribution in [1.82, 2.24) is 10.6 Å². The van der Waals surface area contributed by atoms with Crippen LogP contribution in [0.5, 0.6) is 0 Å². The first kappa shape index (κ1) is 12.0. The van der Waals surface area contributed by atoms with Gasteiger partial charge in [0.1, 0.15) is 6.04 Å². The number of hydrogen-bond acceptors (Lipinski definition) is 3. The van der Waals surface area contributed by atoms with Gasteiger partial charge in [-0.3, -0.25) is 9.59 Å². The second kappa shape index (κ2) is 5.70. The van der Waals surface area contributed by atoms with Gasteiger partial charge in [0, 0.05) is 20.1 Å². The van der Waals surface area contributed by atoms with Crippen LogP contribution in [0.25, 0.3) is 0 Å². The van der Waals surface area contributed by atoms with Gasteiger partial charge in [-0.25, -0.2) is 0 Å². The third-order valence-corrected chi connectivity index (χ3v) is 2.34. The van der Waals surface area contributed by atoms with Crippen molar-refractivity contribution in [2.24, 2.45) is 0 Å². The van der Waals surface area contributed by atoms with E-state index in [0.29, 0.717) is 6.54 Å². The lowest BCUT2D eigenvalue weighted by Crippen LogP contribution is -2.45. The predicted molar refractivity (Wildman–Crippen MR) is 55.3 cm³/mol. The monoisotopic (exact) mass is 214 g/mol. The number of ether oxygens (including phenoxy) is 1. The minimum absolute atomic E-state index is 0.137. The molecule has 0 radical (unpaired) electrons. The van der Waals surface area contributed by atoms with Gasteiger partial charge in [-0.1, -0.05) is 0 Å².